The van der Waals surface area contributed by atoms with Gasteiger partial charge in [0.15, 0.2) is 0 Å². The number of anilines is 2. The first-order valence-corrected chi connectivity index (χ1v) is 5.39. The average molecular weight is 236 g/mol. The van der Waals surface area contributed by atoms with Crippen LogP contribution >= 0.6 is 0 Å². The molecule has 0 heterocycles. The highest BCUT2D eigenvalue weighted by Crippen LogP contribution is 2.13. The quantitative estimate of drug-likeness (QED) is 0.762. The molecule has 0 aliphatic heterocycles. The number of amides is 1. The summed E-state index contributed by atoms with van der Waals surface area (Å²) in [6, 6.07) is 7.08. The van der Waals surface area contributed by atoms with Crippen LogP contribution < -0.4 is 10.6 Å². The Hall–Kier alpha value is -2.04. The maximum Gasteiger partial charge on any atom is 0.325 e. The lowest BCUT2D eigenvalue weighted by atomic mass is 10.3. The van der Waals surface area contributed by atoms with Crippen molar-refractivity contribution >= 4 is 23.3 Å². The lowest BCUT2D eigenvalue weighted by Gasteiger charge is -2.07. The lowest BCUT2D eigenvalue weighted by molar-refractivity contribution is -0.140. The van der Waals surface area contributed by atoms with Gasteiger partial charge in [0.1, 0.15) is 6.54 Å². The monoisotopic (exact) mass is 236 g/mol. The second-order valence-electron chi connectivity index (χ2n) is 3.42. The zero-order valence-electron chi connectivity index (χ0n) is 9.95. The summed E-state index contributed by atoms with van der Waals surface area (Å²) in [5, 5.41) is 5.58. The normalized spacial score (nSPS) is 9.53. The van der Waals surface area contributed by atoms with Gasteiger partial charge in [0, 0.05) is 18.3 Å². The largest absolute Gasteiger partial charge is 0.465 e. The topological polar surface area (TPSA) is 67.4 Å². The molecule has 0 spiro atoms. The van der Waals surface area contributed by atoms with Crippen molar-refractivity contribution in [2.75, 3.05) is 23.8 Å². The second-order valence-corrected chi connectivity index (χ2v) is 3.42. The van der Waals surface area contributed by atoms with Crippen molar-refractivity contribution in [2.45, 2.75) is 13.8 Å². The first kappa shape index (κ1) is 13.0. The van der Waals surface area contributed by atoms with Gasteiger partial charge in [-0.15, -0.1) is 0 Å². The van der Waals surface area contributed by atoms with Crippen LogP contribution in [0.5, 0.6) is 0 Å². The molecule has 0 aliphatic rings. The van der Waals surface area contributed by atoms with E-state index in [1.807, 2.05) is 0 Å². The lowest BCUT2D eigenvalue weighted by Crippen LogP contribution is -2.16. The van der Waals surface area contributed by atoms with Gasteiger partial charge in [-0.3, -0.25) is 9.59 Å². The van der Waals surface area contributed by atoms with Gasteiger partial charge in [-0.25, -0.2) is 0 Å². The number of carbonyl (C=O) groups is 2. The predicted molar refractivity (Wildman–Crippen MR) is 65.9 cm³/mol. The van der Waals surface area contributed by atoms with E-state index in [-0.39, 0.29) is 18.4 Å². The molecule has 1 aromatic carbocycles. The van der Waals surface area contributed by atoms with E-state index in [0.717, 1.165) is 11.4 Å². The number of carbonyl (C=O) groups excluding carboxylic acids is 2. The van der Waals surface area contributed by atoms with Crippen molar-refractivity contribution in [1.82, 2.24) is 0 Å². The molecule has 0 atom stereocenters. The summed E-state index contributed by atoms with van der Waals surface area (Å²) in [6.07, 6.45) is 0. The third-order valence-corrected chi connectivity index (χ3v) is 1.95. The number of nitrogens with one attached hydrogen (secondary N) is 2. The number of hydrogen-bond acceptors (Lipinski definition) is 4. The van der Waals surface area contributed by atoms with E-state index in [2.05, 4.69) is 10.6 Å². The van der Waals surface area contributed by atoms with Crippen LogP contribution in [0.2, 0.25) is 0 Å². The Labute approximate surface area is 100 Å². The number of hydrogen-bond donors (Lipinski definition) is 2. The predicted octanol–water partition coefficient (Wildman–Crippen LogP) is 1.62. The standard InChI is InChI=1S/C12H16N2O3/c1-3-17-12(16)8-13-10-4-6-11(7-5-10)14-9(2)15/h4-7,13H,3,8H2,1-2H3,(H,14,15). The van der Waals surface area contributed by atoms with Crippen molar-refractivity contribution in [1.29, 1.82) is 0 Å². The minimum atomic E-state index is -0.293. The van der Waals surface area contributed by atoms with E-state index in [1.165, 1.54) is 6.92 Å². The molecular weight excluding hydrogens is 220 g/mol. The third kappa shape index (κ3) is 5.01. The van der Waals surface area contributed by atoms with E-state index in [9.17, 15) is 9.59 Å². The Morgan fingerprint density at radius 2 is 1.76 bits per heavy atom. The zero-order valence-corrected chi connectivity index (χ0v) is 9.95. The Morgan fingerprint density at radius 1 is 1.18 bits per heavy atom. The highest BCUT2D eigenvalue weighted by atomic mass is 16.5. The zero-order chi connectivity index (χ0) is 12.7. The Morgan fingerprint density at radius 3 is 2.29 bits per heavy atom. The number of benzene rings is 1. The number of rotatable bonds is 5. The average Bonchev–Trinajstić information content (AvgIpc) is 2.28. The molecule has 0 radical (unpaired) electrons. The highest BCUT2D eigenvalue weighted by molar-refractivity contribution is 5.88. The molecule has 0 aromatic heterocycles. The molecule has 17 heavy (non-hydrogen) atoms. The van der Waals surface area contributed by atoms with Crippen molar-refractivity contribution in [2.24, 2.45) is 0 Å². The van der Waals surface area contributed by atoms with Crippen LogP contribution in [0.15, 0.2) is 24.3 Å². The molecule has 1 amide bonds. The fraction of sp³-hybridized carbons (Fsp3) is 0.333. The van der Waals surface area contributed by atoms with Crippen LogP contribution in [0, 0.1) is 0 Å². The van der Waals surface area contributed by atoms with Gasteiger partial charge in [-0.1, -0.05) is 0 Å². The molecule has 0 fully saturated rings. The summed E-state index contributed by atoms with van der Waals surface area (Å²) in [4.78, 5) is 21.9. The molecule has 92 valence electrons. The molecule has 0 saturated carbocycles. The Bertz CT molecular complexity index is 387. The summed E-state index contributed by atoms with van der Waals surface area (Å²) in [5.41, 5.74) is 1.52. The van der Waals surface area contributed by atoms with Gasteiger partial charge in [-0.05, 0) is 31.2 Å². The summed E-state index contributed by atoms with van der Waals surface area (Å²) < 4.78 is 4.78. The molecule has 0 saturated heterocycles. The minimum Gasteiger partial charge on any atom is -0.465 e. The third-order valence-electron chi connectivity index (χ3n) is 1.95. The van der Waals surface area contributed by atoms with Gasteiger partial charge in [-0.2, -0.15) is 0 Å². The van der Waals surface area contributed by atoms with Crippen LogP contribution in [-0.2, 0) is 14.3 Å². The van der Waals surface area contributed by atoms with Crippen LogP contribution in [0.25, 0.3) is 0 Å². The van der Waals surface area contributed by atoms with E-state index in [4.69, 9.17) is 4.74 Å². The molecule has 1 rings (SSSR count). The van der Waals surface area contributed by atoms with Crippen LogP contribution in [-0.4, -0.2) is 25.0 Å². The van der Waals surface area contributed by atoms with E-state index < -0.39 is 0 Å². The van der Waals surface area contributed by atoms with Gasteiger partial charge < -0.3 is 15.4 Å². The van der Waals surface area contributed by atoms with Gasteiger partial charge >= 0.3 is 5.97 Å². The molecule has 5 nitrogen and oxygen atoms in total. The van der Waals surface area contributed by atoms with Gasteiger partial charge in [0.25, 0.3) is 0 Å². The van der Waals surface area contributed by atoms with Crippen molar-refractivity contribution in [3.8, 4) is 0 Å². The summed E-state index contributed by atoms with van der Waals surface area (Å²) in [6.45, 7) is 3.72. The van der Waals surface area contributed by atoms with E-state index in [1.54, 1.807) is 31.2 Å². The van der Waals surface area contributed by atoms with Gasteiger partial charge in [0.05, 0.1) is 6.61 Å². The Balaban J connectivity index is 2.45. The van der Waals surface area contributed by atoms with E-state index >= 15 is 0 Å². The Kier molecular flexibility index (Phi) is 5.00. The maximum absolute atomic E-state index is 11.1. The molecule has 0 bridgehead atoms. The van der Waals surface area contributed by atoms with Crippen molar-refractivity contribution in [3.63, 3.8) is 0 Å². The summed E-state index contributed by atoms with van der Waals surface area (Å²) in [5.74, 6) is -0.407. The smallest absolute Gasteiger partial charge is 0.325 e. The van der Waals surface area contributed by atoms with Crippen molar-refractivity contribution in [3.05, 3.63) is 24.3 Å². The van der Waals surface area contributed by atoms with Crippen LogP contribution in [0.4, 0.5) is 11.4 Å². The number of esters is 1. The summed E-state index contributed by atoms with van der Waals surface area (Å²) >= 11 is 0. The molecule has 5 heteroatoms. The molecular formula is C12H16N2O3. The van der Waals surface area contributed by atoms with Crippen molar-refractivity contribution < 1.29 is 14.3 Å². The second kappa shape index (κ2) is 6.52. The molecule has 0 aliphatic carbocycles. The fourth-order valence-corrected chi connectivity index (χ4v) is 1.26. The van der Waals surface area contributed by atoms with Crippen LogP contribution in [0.1, 0.15) is 13.8 Å². The number of ether oxygens (including phenoxy) is 1. The van der Waals surface area contributed by atoms with E-state index in [0.29, 0.717) is 6.61 Å². The maximum atomic E-state index is 11.1. The fourth-order valence-electron chi connectivity index (χ4n) is 1.26. The van der Waals surface area contributed by atoms with Gasteiger partial charge in [0.2, 0.25) is 5.91 Å². The molecule has 2 N–H and O–H groups in total. The molecule has 0 unspecified atom stereocenters. The SMILES string of the molecule is CCOC(=O)CNc1ccc(NC(C)=O)cc1. The minimum absolute atomic E-state index is 0.114. The highest BCUT2D eigenvalue weighted by Gasteiger charge is 2.01. The molecule has 1 aromatic rings. The first-order valence-electron chi connectivity index (χ1n) is 5.39. The summed E-state index contributed by atoms with van der Waals surface area (Å²) in [7, 11) is 0. The van der Waals surface area contributed by atoms with Crippen LogP contribution in [0.3, 0.4) is 0 Å². The first-order chi connectivity index (χ1) is 8.11.